The number of hydrogen-bond donors (Lipinski definition) is 0. The van der Waals surface area contributed by atoms with E-state index in [1.807, 2.05) is 0 Å². The first-order valence-electron chi connectivity index (χ1n) is 8.95. The van der Waals surface area contributed by atoms with Gasteiger partial charge in [0.05, 0.1) is 0 Å². The summed E-state index contributed by atoms with van der Waals surface area (Å²) in [5, 5.41) is 5.24. The molecule has 2 aromatic carbocycles. The van der Waals surface area contributed by atoms with Crippen LogP contribution in [-0.2, 0) is 5.66 Å². The Morgan fingerprint density at radius 1 is 0.826 bits per heavy atom. The van der Waals surface area contributed by atoms with Gasteiger partial charge < -0.3 is 0 Å². The van der Waals surface area contributed by atoms with Gasteiger partial charge in [0.25, 0.3) is 0 Å². The highest BCUT2D eigenvalue weighted by Gasteiger charge is 2.50. The van der Waals surface area contributed by atoms with E-state index in [0.717, 1.165) is 13.0 Å². The molecule has 0 amide bonds. The normalized spacial score (nSPS) is 28.8. The maximum absolute atomic E-state index is 5.24. The first-order valence-corrected chi connectivity index (χ1v) is 8.95. The first-order chi connectivity index (χ1) is 11.4. The maximum atomic E-state index is 5.24. The molecule has 2 unspecified atom stereocenters. The van der Waals surface area contributed by atoms with Crippen molar-refractivity contribution in [3.63, 3.8) is 0 Å². The lowest BCUT2D eigenvalue weighted by Crippen LogP contribution is -2.54. The van der Waals surface area contributed by atoms with Crippen molar-refractivity contribution in [1.82, 2.24) is 10.2 Å². The largest absolute Gasteiger partial charge is 0.280 e. The third-order valence-electron chi connectivity index (χ3n) is 5.50. The van der Waals surface area contributed by atoms with Crippen LogP contribution in [0.5, 0.6) is 0 Å². The van der Waals surface area contributed by atoms with Crippen molar-refractivity contribution in [1.29, 1.82) is 0 Å². The van der Waals surface area contributed by atoms with Gasteiger partial charge in [-0.3, -0.25) is 4.90 Å². The number of likely N-dealkylation sites (tertiary alicyclic amines) is 1. The Kier molecular flexibility index (Phi) is 4.19. The molecule has 2 heteroatoms. The second-order valence-electron chi connectivity index (χ2n) is 6.77. The zero-order chi connectivity index (χ0) is 15.5. The Morgan fingerprint density at radius 2 is 1.48 bits per heavy atom. The molecule has 0 aliphatic carbocycles. The lowest BCUT2D eigenvalue weighted by Gasteiger charge is -2.47. The van der Waals surface area contributed by atoms with E-state index in [9.17, 15) is 0 Å². The van der Waals surface area contributed by atoms with E-state index in [1.54, 1.807) is 0 Å². The minimum absolute atomic E-state index is 0.164. The van der Waals surface area contributed by atoms with Crippen molar-refractivity contribution in [2.45, 2.75) is 37.3 Å². The number of rotatable bonds is 3. The average Bonchev–Trinajstić information content (AvgIpc) is 3.10. The topological polar surface area (TPSA) is 17.3 Å². The summed E-state index contributed by atoms with van der Waals surface area (Å²) in [4.78, 5) is 2.66. The SMILES string of the molecule is c1ccc(C2CC[N]C2(c2ccccc2)N2CCCCC2)cc1. The van der Waals surface area contributed by atoms with Gasteiger partial charge in [-0.15, -0.1) is 0 Å². The van der Waals surface area contributed by atoms with Crippen LogP contribution in [0.3, 0.4) is 0 Å². The molecule has 0 saturated carbocycles. The second kappa shape index (κ2) is 6.46. The van der Waals surface area contributed by atoms with Crippen molar-refractivity contribution < 1.29 is 0 Å². The van der Waals surface area contributed by atoms with Gasteiger partial charge in [-0.1, -0.05) is 67.1 Å². The molecular formula is C21H25N2. The second-order valence-corrected chi connectivity index (χ2v) is 6.77. The van der Waals surface area contributed by atoms with Gasteiger partial charge in [-0.05, 0) is 30.4 Å². The Labute approximate surface area is 139 Å². The van der Waals surface area contributed by atoms with Gasteiger partial charge in [0.2, 0.25) is 0 Å². The maximum Gasteiger partial charge on any atom is 0.120 e. The van der Waals surface area contributed by atoms with Gasteiger partial charge >= 0.3 is 0 Å². The molecule has 2 nitrogen and oxygen atoms in total. The third-order valence-corrected chi connectivity index (χ3v) is 5.50. The van der Waals surface area contributed by atoms with E-state index >= 15 is 0 Å². The summed E-state index contributed by atoms with van der Waals surface area (Å²) in [5.41, 5.74) is 2.64. The van der Waals surface area contributed by atoms with Gasteiger partial charge in [0.1, 0.15) is 5.66 Å². The Hall–Kier alpha value is -1.64. The van der Waals surface area contributed by atoms with Crippen LogP contribution in [0.25, 0.3) is 0 Å². The molecule has 2 heterocycles. The summed E-state index contributed by atoms with van der Waals surface area (Å²) >= 11 is 0. The highest BCUT2D eigenvalue weighted by molar-refractivity contribution is 5.34. The van der Waals surface area contributed by atoms with Crippen LogP contribution in [0.15, 0.2) is 60.7 Å². The average molecular weight is 305 g/mol. The molecule has 0 spiro atoms. The van der Waals surface area contributed by atoms with Crippen LogP contribution in [0, 0.1) is 0 Å². The Morgan fingerprint density at radius 3 is 2.17 bits per heavy atom. The van der Waals surface area contributed by atoms with Crippen molar-refractivity contribution in [2.75, 3.05) is 19.6 Å². The van der Waals surface area contributed by atoms with Crippen molar-refractivity contribution >= 4 is 0 Å². The highest BCUT2D eigenvalue weighted by Crippen LogP contribution is 2.47. The Balaban J connectivity index is 1.81. The van der Waals surface area contributed by atoms with Crippen molar-refractivity contribution in [3.8, 4) is 0 Å². The lowest BCUT2D eigenvalue weighted by atomic mass is 9.80. The molecule has 2 aliphatic rings. The monoisotopic (exact) mass is 305 g/mol. The molecule has 1 radical (unpaired) electrons. The van der Waals surface area contributed by atoms with Crippen LogP contribution in [0.2, 0.25) is 0 Å². The summed E-state index contributed by atoms with van der Waals surface area (Å²) in [7, 11) is 0. The van der Waals surface area contributed by atoms with E-state index < -0.39 is 0 Å². The quantitative estimate of drug-likeness (QED) is 0.834. The van der Waals surface area contributed by atoms with E-state index in [0.29, 0.717) is 5.92 Å². The molecule has 4 rings (SSSR count). The predicted molar refractivity (Wildman–Crippen MR) is 94.3 cm³/mol. The third kappa shape index (κ3) is 2.60. The van der Waals surface area contributed by atoms with Crippen LogP contribution in [-0.4, -0.2) is 24.5 Å². The summed E-state index contributed by atoms with van der Waals surface area (Å²) < 4.78 is 0. The molecule has 0 N–H and O–H groups in total. The zero-order valence-electron chi connectivity index (χ0n) is 13.7. The van der Waals surface area contributed by atoms with E-state index in [-0.39, 0.29) is 5.66 Å². The fraction of sp³-hybridized carbons (Fsp3) is 0.429. The number of nitrogens with zero attached hydrogens (tertiary/aromatic N) is 2. The standard InChI is InChI=1S/C21H25N2/c1-4-10-18(11-5-1)20-14-15-22-21(20,19-12-6-2-7-13-19)23-16-8-3-9-17-23/h1-2,4-7,10-13,20H,3,8-9,14-17H2. The molecule has 2 fully saturated rings. The van der Waals surface area contributed by atoms with Gasteiger partial charge in [-0.2, -0.15) is 0 Å². The minimum atomic E-state index is -0.164. The fourth-order valence-electron chi connectivity index (χ4n) is 4.47. The van der Waals surface area contributed by atoms with Crippen LogP contribution >= 0.6 is 0 Å². The zero-order valence-corrected chi connectivity index (χ0v) is 13.7. The van der Waals surface area contributed by atoms with E-state index in [2.05, 4.69) is 65.6 Å². The smallest absolute Gasteiger partial charge is 0.120 e. The molecule has 119 valence electrons. The van der Waals surface area contributed by atoms with Gasteiger partial charge in [0, 0.05) is 25.6 Å². The molecule has 2 saturated heterocycles. The molecule has 0 aromatic heterocycles. The van der Waals surface area contributed by atoms with Crippen molar-refractivity contribution in [3.05, 3.63) is 71.8 Å². The van der Waals surface area contributed by atoms with Gasteiger partial charge in [-0.25, -0.2) is 5.32 Å². The molecular weight excluding hydrogens is 280 g/mol. The minimum Gasteiger partial charge on any atom is -0.280 e. The van der Waals surface area contributed by atoms with Crippen LogP contribution < -0.4 is 5.32 Å². The van der Waals surface area contributed by atoms with E-state index in [1.165, 1.54) is 43.5 Å². The summed E-state index contributed by atoms with van der Waals surface area (Å²) in [6.45, 7) is 3.30. The number of benzene rings is 2. The summed E-state index contributed by atoms with van der Waals surface area (Å²) in [5.74, 6) is 0.462. The molecule has 2 aliphatic heterocycles. The van der Waals surface area contributed by atoms with E-state index in [4.69, 9.17) is 5.32 Å². The number of hydrogen-bond acceptors (Lipinski definition) is 1. The number of piperidine rings is 1. The predicted octanol–water partition coefficient (Wildman–Crippen LogP) is 4.12. The highest BCUT2D eigenvalue weighted by atomic mass is 15.3. The van der Waals surface area contributed by atoms with Crippen LogP contribution in [0.1, 0.15) is 42.7 Å². The molecule has 2 atom stereocenters. The van der Waals surface area contributed by atoms with Gasteiger partial charge in [0.15, 0.2) is 0 Å². The molecule has 2 aromatic rings. The van der Waals surface area contributed by atoms with Crippen molar-refractivity contribution in [2.24, 2.45) is 0 Å². The molecule has 23 heavy (non-hydrogen) atoms. The first kappa shape index (κ1) is 14.9. The summed E-state index contributed by atoms with van der Waals surface area (Å²) in [6.07, 6.45) is 5.10. The molecule has 0 bridgehead atoms. The fourth-order valence-corrected chi connectivity index (χ4v) is 4.47. The Bertz CT molecular complexity index is 619. The summed E-state index contributed by atoms with van der Waals surface area (Å²) in [6, 6.07) is 22.0. The lowest BCUT2D eigenvalue weighted by molar-refractivity contribution is 0.0320. The van der Waals surface area contributed by atoms with Crippen LogP contribution in [0.4, 0.5) is 0 Å².